The summed E-state index contributed by atoms with van der Waals surface area (Å²) in [7, 11) is 1.60. The molecule has 1 N–H and O–H groups in total. The number of rotatable bonds is 8. The first-order valence-electron chi connectivity index (χ1n) is 10.6. The van der Waals surface area contributed by atoms with Crippen LogP contribution >= 0.6 is 0 Å². The molecule has 0 aliphatic carbocycles. The summed E-state index contributed by atoms with van der Waals surface area (Å²) in [6.07, 6.45) is 4.97. The number of carbonyl (C=O) groups excluding carboxylic acids is 1. The van der Waals surface area contributed by atoms with E-state index in [4.69, 9.17) is 9.47 Å². The molecule has 0 bridgehead atoms. The fourth-order valence-electron chi connectivity index (χ4n) is 3.94. The van der Waals surface area contributed by atoms with E-state index in [9.17, 15) is 9.90 Å². The molecule has 4 rings (SSSR count). The smallest absolute Gasteiger partial charge is 0.185 e. The van der Waals surface area contributed by atoms with Gasteiger partial charge in [-0.3, -0.25) is 9.69 Å². The lowest BCUT2D eigenvalue weighted by Crippen LogP contribution is -2.41. The Morgan fingerprint density at radius 3 is 2.61 bits per heavy atom. The maximum absolute atomic E-state index is 12.6. The minimum absolute atomic E-state index is 0.0631. The Morgan fingerprint density at radius 1 is 1.13 bits per heavy atom. The summed E-state index contributed by atoms with van der Waals surface area (Å²) in [5, 5.41) is 11.7. The Labute approximate surface area is 182 Å². The molecule has 1 fully saturated rings. The van der Waals surface area contributed by atoms with E-state index in [0.29, 0.717) is 18.7 Å². The van der Waals surface area contributed by atoms with E-state index < -0.39 is 6.10 Å². The number of aliphatic hydroxyl groups is 1. The van der Waals surface area contributed by atoms with Gasteiger partial charge in [-0.15, -0.1) is 0 Å². The summed E-state index contributed by atoms with van der Waals surface area (Å²) in [5.74, 6) is 0.658. The number of aliphatic hydroxyl groups excluding tert-OH is 1. The molecule has 6 nitrogen and oxygen atoms in total. The number of methoxy groups -OCH3 is 1. The number of hydrogen-bond acceptors (Lipinski definition) is 5. The van der Waals surface area contributed by atoms with Crippen molar-refractivity contribution in [2.75, 3.05) is 40.0 Å². The van der Waals surface area contributed by atoms with Crippen molar-refractivity contribution in [3.63, 3.8) is 0 Å². The van der Waals surface area contributed by atoms with Crippen LogP contribution < -0.4 is 4.74 Å². The number of ether oxygens (including phenoxy) is 2. The maximum atomic E-state index is 12.6. The number of allylic oxidation sites excluding steroid dienone is 1. The Morgan fingerprint density at radius 2 is 1.87 bits per heavy atom. The number of carbonyl (C=O) groups is 1. The number of aromatic nitrogens is 1. The molecule has 31 heavy (non-hydrogen) atoms. The Balaban J connectivity index is 1.50. The van der Waals surface area contributed by atoms with Gasteiger partial charge in [0.05, 0.1) is 26.4 Å². The third-order valence-corrected chi connectivity index (χ3v) is 5.59. The number of para-hydroxylation sites is 1. The van der Waals surface area contributed by atoms with Gasteiger partial charge >= 0.3 is 0 Å². The van der Waals surface area contributed by atoms with Crippen LogP contribution in [0.3, 0.4) is 0 Å². The lowest BCUT2D eigenvalue weighted by molar-refractivity contribution is 0.0117. The summed E-state index contributed by atoms with van der Waals surface area (Å²) in [5.41, 5.74) is 2.61. The summed E-state index contributed by atoms with van der Waals surface area (Å²) < 4.78 is 12.6. The summed E-state index contributed by atoms with van der Waals surface area (Å²) in [4.78, 5) is 14.8. The van der Waals surface area contributed by atoms with E-state index in [1.54, 1.807) is 37.5 Å². The Hall–Kier alpha value is -2.93. The monoisotopic (exact) mass is 420 g/mol. The zero-order chi connectivity index (χ0) is 21.6. The molecule has 2 heterocycles. The first-order valence-corrected chi connectivity index (χ1v) is 10.6. The number of morpholine rings is 1. The van der Waals surface area contributed by atoms with Crippen LogP contribution in [0, 0.1) is 0 Å². The van der Waals surface area contributed by atoms with Gasteiger partial charge < -0.3 is 19.1 Å². The molecule has 1 aliphatic heterocycles. The highest BCUT2D eigenvalue weighted by molar-refractivity contribution is 6.07. The standard InChI is InChI=1S/C25H28N2O4/c1-30-22-9-6-19(7-10-22)25(29)11-8-20-16-27(24-5-3-2-4-23(20)24)18-21(28)17-26-12-14-31-15-13-26/h2-11,16,21,28H,12-15,17-18H2,1H3/b11-8+/t21-/m0/s1. The average molecular weight is 421 g/mol. The fraction of sp³-hybridized carbons (Fsp3) is 0.320. The molecule has 0 spiro atoms. The zero-order valence-corrected chi connectivity index (χ0v) is 17.7. The molecule has 2 aromatic carbocycles. The van der Waals surface area contributed by atoms with Crippen LogP contribution in [-0.4, -0.2) is 66.4 Å². The SMILES string of the molecule is COc1ccc(C(=O)/C=C/c2cn(C[C@@H](O)CN3CCOCC3)c3ccccc23)cc1. The highest BCUT2D eigenvalue weighted by Crippen LogP contribution is 2.23. The Kier molecular flexibility index (Phi) is 6.82. The predicted octanol–water partition coefficient (Wildman–Crippen LogP) is 3.24. The fourth-order valence-corrected chi connectivity index (χ4v) is 3.94. The molecule has 1 atom stereocenters. The highest BCUT2D eigenvalue weighted by atomic mass is 16.5. The largest absolute Gasteiger partial charge is 0.497 e. The molecule has 0 radical (unpaired) electrons. The summed E-state index contributed by atoms with van der Waals surface area (Å²) in [6, 6.07) is 15.1. The maximum Gasteiger partial charge on any atom is 0.185 e. The van der Waals surface area contributed by atoms with Gasteiger partial charge in [-0.2, -0.15) is 0 Å². The molecule has 0 unspecified atom stereocenters. The number of nitrogens with zero attached hydrogens (tertiary/aromatic N) is 2. The summed E-state index contributed by atoms with van der Waals surface area (Å²) in [6.45, 7) is 4.26. The second-order valence-electron chi connectivity index (χ2n) is 7.75. The average Bonchev–Trinajstić information content (AvgIpc) is 3.15. The molecule has 162 valence electrons. The first kappa shape index (κ1) is 21.3. The Bertz CT molecular complexity index is 1050. The first-order chi connectivity index (χ1) is 15.1. The van der Waals surface area contributed by atoms with Crippen LogP contribution in [-0.2, 0) is 11.3 Å². The number of ketones is 1. The number of hydrogen-bond donors (Lipinski definition) is 1. The minimum Gasteiger partial charge on any atom is -0.497 e. The quantitative estimate of drug-likeness (QED) is 0.448. The van der Waals surface area contributed by atoms with Crippen LogP contribution in [0.1, 0.15) is 15.9 Å². The van der Waals surface area contributed by atoms with Gasteiger partial charge in [0, 0.05) is 54.4 Å². The van der Waals surface area contributed by atoms with Crippen LogP contribution in [0.25, 0.3) is 17.0 Å². The number of fused-ring (bicyclic) bond motifs is 1. The van der Waals surface area contributed by atoms with Crippen LogP contribution in [0.4, 0.5) is 0 Å². The second-order valence-corrected chi connectivity index (χ2v) is 7.75. The molecule has 1 aromatic heterocycles. The molecular weight excluding hydrogens is 392 g/mol. The van der Waals surface area contributed by atoms with Crippen LogP contribution in [0.2, 0.25) is 0 Å². The van der Waals surface area contributed by atoms with Gasteiger partial charge in [0.25, 0.3) is 0 Å². The van der Waals surface area contributed by atoms with Gasteiger partial charge in [0.1, 0.15) is 5.75 Å². The third kappa shape index (κ3) is 5.22. The zero-order valence-electron chi connectivity index (χ0n) is 17.7. The van der Waals surface area contributed by atoms with Gasteiger partial charge in [0.15, 0.2) is 5.78 Å². The van der Waals surface area contributed by atoms with Gasteiger partial charge in [-0.05, 0) is 42.5 Å². The topological polar surface area (TPSA) is 63.9 Å². The molecule has 0 saturated carbocycles. The number of benzene rings is 2. The second kappa shape index (κ2) is 9.92. The molecule has 3 aromatic rings. The molecule has 6 heteroatoms. The summed E-state index contributed by atoms with van der Waals surface area (Å²) >= 11 is 0. The van der Waals surface area contributed by atoms with Crippen molar-refractivity contribution < 1.29 is 19.4 Å². The lowest BCUT2D eigenvalue weighted by atomic mass is 10.1. The van der Waals surface area contributed by atoms with Gasteiger partial charge in [-0.1, -0.05) is 18.2 Å². The van der Waals surface area contributed by atoms with Crippen molar-refractivity contribution in [3.8, 4) is 5.75 Å². The highest BCUT2D eigenvalue weighted by Gasteiger charge is 2.16. The van der Waals surface area contributed by atoms with Crippen molar-refractivity contribution in [3.05, 3.63) is 71.9 Å². The van der Waals surface area contributed by atoms with Crippen molar-refractivity contribution >= 4 is 22.8 Å². The normalized spacial score (nSPS) is 16.1. The molecule has 1 aliphatic rings. The van der Waals surface area contributed by atoms with Gasteiger partial charge in [-0.25, -0.2) is 0 Å². The third-order valence-electron chi connectivity index (χ3n) is 5.59. The van der Waals surface area contributed by atoms with Crippen LogP contribution in [0.5, 0.6) is 5.75 Å². The van der Waals surface area contributed by atoms with E-state index in [-0.39, 0.29) is 5.78 Å². The van der Waals surface area contributed by atoms with E-state index in [0.717, 1.165) is 48.5 Å². The van der Waals surface area contributed by atoms with E-state index >= 15 is 0 Å². The molecule has 1 saturated heterocycles. The number of β-amino-alcohol motifs (C(OH)–C–C–N with tert-alkyl or cyclic N) is 1. The van der Waals surface area contributed by atoms with Crippen molar-refractivity contribution in [1.82, 2.24) is 9.47 Å². The predicted molar refractivity (Wildman–Crippen MR) is 122 cm³/mol. The van der Waals surface area contributed by atoms with Crippen molar-refractivity contribution in [1.29, 1.82) is 0 Å². The minimum atomic E-state index is -0.480. The van der Waals surface area contributed by atoms with E-state index in [1.807, 2.05) is 36.5 Å². The molecule has 0 amide bonds. The molecular formula is C25H28N2O4. The van der Waals surface area contributed by atoms with Crippen LogP contribution in [0.15, 0.2) is 60.8 Å². The van der Waals surface area contributed by atoms with E-state index in [1.165, 1.54) is 0 Å². The van der Waals surface area contributed by atoms with Crippen molar-refractivity contribution in [2.45, 2.75) is 12.6 Å². The van der Waals surface area contributed by atoms with E-state index in [2.05, 4.69) is 9.47 Å². The van der Waals surface area contributed by atoms with Gasteiger partial charge in [0.2, 0.25) is 0 Å². The lowest BCUT2D eigenvalue weighted by Gasteiger charge is -2.28. The van der Waals surface area contributed by atoms with Crippen molar-refractivity contribution in [2.24, 2.45) is 0 Å².